The van der Waals surface area contributed by atoms with E-state index < -0.39 is 0 Å². The van der Waals surface area contributed by atoms with Crippen molar-refractivity contribution in [1.29, 1.82) is 0 Å². The van der Waals surface area contributed by atoms with Gasteiger partial charge in [0.25, 0.3) is 0 Å². The largest absolute Gasteiger partial charge is 0.368 e. The first kappa shape index (κ1) is 14.7. The summed E-state index contributed by atoms with van der Waals surface area (Å²) in [5.41, 5.74) is 9.74. The lowest BCUT2D eigenvalue weighted by Gasteiger charge is -2.33. The number of nitrogens with zero attached hydrogens (tertiary/aromatic N) is 5. The standard InChI is InChI=1S/C16H22N6/c1-11-4-5-13(12(2)18-11)14-10-15(20-16(17)19-14)22-8-6-21(3)7-9-22/h4-5,10H,6-9H2,1-3H3,(H2,17,19,20). The molecule has 116 valence electrons. The number of rotatable bonds is 2. The van der Waals surface area contributed by atoms with Crippen molar-refractivity contribution in [3.8, 4) is 11.3 Å². The molecule has 1 fully saturated rings. The van der Waals surface area contributed by atoms with Crippen molar-refractivity contribution in [2.75, 3.05) is 43.9 Å². The van der Waals surface area contributed by atoms with Crippen LogP contribution in [0.1, 0.15) is 11.4 Å². The van der Waals surface area contributed by atoms with Crippen molar-refractivity contribution in [1.82, 2.24) is 19.9 Å². The van der Waals surface area contributed by atoms with E-state index in [0.717, 1.165) is 54.6 Å². The Morgan fingerprint density at radius 2 is 1.73 bits per heavy atom. The zero-order valence-electron chi connectivity index (χ0n) is 13.4. The average molecular weight is 298 g/mol. The van der Waals surface area contributed by atoms with Crippen LogP contribution in [0.2, 0.25) is 0 Å². The number of aryl methyl sites for hydroxylation is 2. The summed E-state index contributed by atoms with van der Waals surface area (Å²) in [6.45, 7) is 7.96. The van der Waals surface area contributed by atoms with Gasteiger partial charge in [-0.3, -0.25) is 4.98 Å². The summed E-state index contributed by atoms with van der Waals surface area (Å²) < 4.78 is 0. The maximum atomic E-state index is 5.93. The predicted octanol–water partition coefficient (Wildman–Crippen LogP) is 1.49. The van der Waals surface area contributed by atoms with Crippen LogP contribution in [0.5, 0.6) is 0 Å². The fourth-order valence-electron chi connectivity index (χ4n) is 2.75. The van der Waals surface area contributed by atoms with Crippen molar-refractivity contribution in [2.24, 2.45) is 0 Å². The Balaban J connectivity index is 1.96. The Labute approximate surface area is 131 Å². The number of anilines is 2. The van der Waals surface area contributed by atoms with Gasteiger partial charge in [0.2, 0.25) is 5.95 Å². The van der Waals surface area contributed by atoms with Crippen molar-refractivity contribution < 1.29 is 0 Å². The third-order valence-electron chi connectivity index (χ3n) is 4.06. The number of nitrogen functional groups attached to an aromatic ring is 1. The predicted molar refractivity (Wildman–Crippen MR) is 88.9 cm³/mol. The minimum absolute atomic E-state index is 0.311. The van der Waals surface area contributed by atoms with E-state index in [1.54, 1.807) is 0 Å². The number of hydrogen-bond acceptors (Lipinski definition) is 6. The summed E-state index contributed by atoms with van der Waals surface area (Å²) in [5.74, 6) is 1.21. The fourth-order valence-corrected chi connectivity index (χ4v) is 2.75. The van der Waals surface area contributed by atoms with Crippen LogP contribution in [0.15, 0.2) is 18.2 Å². The third-order valence-corrected chi connectivity index (χ3v) is 4.06. The molecule has 0 amide bonds. The molecule has 0 bridgehead atoms. The number of nitrogens with two attached hydrogens (primary N) is 1. The summed E-state index contributed by atoms with van der Waals surface area (Å²) in [6, 6.07) is 6.06. The molecule has 0 saturated carbocycles. The molecule has 0 radical (unpaired) electrons. The smallest absolute Gasteiger partial charge is 0.222 e. The van der Waals surface area contributed by atoms with Crippen LogP contribution in [0.4, 0.5) is 11.8 Å². The summed E-state index contributed by atoms with van der Waals surface area (Å²) in [4.78, 5) is 17.9. The van der Waals surface area contributed by atoms with Crippen LogP contribution in [0.3, 0.4) is 0 Å². The SMILES string of the molecule is Cc1ccc(-c2cc(N3CCN(C)CC3)nc(N)n2)c(C)n1. The third kappa shape index (κ3) is 3.01. The van der Waals surface area contributed by atoms with Crippen LogP contribution in [0, 0.1) is 13.8 Å². The summed E-state index contributed by atoms with van der Waals surface area (Å²) >= 11 is 0. The second-order valence-electron chi connectivity index (χ2n) is 5.85. The minimum atomic E-state index is 0.311. The van der Waals surface area contributed by atoms with Gasteiger partial charge in [-0.2, -0.15) is 4.98 Å². The number of pyridine rings is 1. The van der Waals surface area contributed by atoms with E-state index in [0.29, 0.717) is 5.95 Å². The molecule has 22 heavy (non-hydrogen) atoms. The number of hydrogen-bond donors (Lipinski definition) is 1. The van der Waals surface area contributed by atoms with Gasteiger partial charge in [0.05, 0.1) is 5.69 Å². The molecule has 0 unspecified atom stereocenters. The van der Waals surface area contributed by atoms with Gasteiger partial charge in [0.15, 0.2) is 0 Å². The molecule has 3 rings (SSSR count). The zero-order valence-corrected chi connectivity index (χ0v) is 13.4. The molecule has 0 aliphatic carbocycles. The van der Waals surface area contributed by atoms with E-state index in [1.165, 1.54) is 0 Å². The molecular weight excluding hydrogens is 276 g/mol. The van der Waals surface area contributed by atoms with Crippen molar-refractivity contribution in [3.05, 3.63) is 29.6 Å². The minimum Gasteiger partial charge on any atom is -0.368 e. The second kappa shape index (κ2) is 5.88. The van der Waals surface area contributed by atoms with Crippen LogP contribution in [-0.2, 0) is 0 Å². The van der Waals surface area contributed by atoms with E-state index in [1.807, 2.05) is 32.0 Å². The first-order valence-corrected chi connectivity index (χ1v) is 7.55. The molecule has 6 heteroatoms. The van der Waals surface area contributed by atoms with Gasteiger partial charge < -0.3 is 15.5 Å². The van der Waals surface area contributed by atoms with E-state index in [9.17, 15) is 0 Å². The topological polar surface area (TPSA) is 71.2 Å². The van der Waals surface area contributed by atoms with Gasteiger partial charge in [-0.05, 0) is 33.0 Å². The molecule has 0 aromatic carbocycles. The maximum absolute atomic E-state index is 5.93. The van der Waals surface area contributed by atoms with Gasteiger partial charge in [-0.1, -0.05) is 0 Å². The first-order valence-electron chi connectivity index (χ1n) is 7.55. The average Bonchev–Trinajstić information content (AvgIpc) is 2.47. The molecule has 0 spiro atoms. The van der Waals surface area contributed by atoms with Crippen LogP contribution in [-0.4, -0.2) is 53.1 Å². The molecule has 2 aromatic rings. The second-order valence-corrected chi connectivity index (χ2v) is 5.85. The summed E-state index contributed by atoms with van der Waals surface area (Å²) in [7, 11) is 2.14. The molecule has 2 N–H and O–H groups in total. The first-order chi connectivity index (χ1) is 10.5. The van der Waals surface area contributed by atoms with Crippen molar-refractivity contribution in [3.63, 3.8) is 0 Å². The lowest BCUT2D eigenvalue weighted by atomic mass is 10.1. The highest BCUT2D eigenvalue weighted by molar-refractivity contribution is 5.66. The van der Waals surface area contributed by atoms with Crippen molar-refractivity contribution >= 4 is 11.8 Å². The number of piperazine rings is 1. The van der Waals surface area contributed by atoms with E-state index in [4.69, 9.17) is 5.73 Å². The quantitative estimate of drug-likeness (QED) is 0.906. The molecule has 6 nitrogen and oxygen atoms in total. The molecule has 3 heterocycles. The van der Waals surface area contributed by atoms with E-state index in [2.05, 4.69) is 31.8 Å². The Morgan fingerprint density at radius 3 is 2.41 bits per heavy atom. The normalized spacial score (nSPS) is 16.0. The lowest BCUT2D eigenvalue weighted by molar-refractivity contribution is 0.312. The van der Waals surface area contributed by atoms with Gasteiger partial charge >= 0.3 is 0 Å². The maximum Gasteiger partial charge on any atom is 0.222 e. The van der Waals surface area contributed by atoms with Crippen LogP contribution in [0.25, 0.3) is 11.3 Å². The summed E-state index contributed by atoms with van der Waals surface area (Å²) in [5, 5.41) is 0. The van der Waals surface area contributed by atoms with Gasteiger partial charge in [0.1, 0.15) is 5.82 Å². The highest BCUT2D eigenvalue weighted by Gasteiger charge is 2.17. The van der Waals surface area contributed by atoms with E-state index >= 15 is 0 Å². The Bertz CT molecular complexity index is 676. The molecule has 2 aromatic heterocycles. The van der Waals surface area contributed by atoms with Gasteiger partial charge in [-0.25, -0.2) is 4.98 Å². The van der Waals surface area contributed by atoms with E-state index in [-0.39, 0.29) is 0 Å². The fraction of sp³-hybridized carbons (Fsp3) is 0.438. The monoisotopic (exact) mass is 298 g/mol. The Morgan fingerprint density at radius 1 is 1.00 bits per heavy atom. The molecular formula is C16H22N6. The van der Waals surface area contributed by atoms with Gasteiger partial charge in [0, 0.05) is 49.2 Å². The Kier molecular flexibility index (Phi) is 3.94. The highest BCUT2D eigenvalue weighted by Crippen LogP contribution is 2.25. The molecule has 0 atom stereocenters. The highest BCUT2D eigenvalue weighted by atomic mass is 15.3. The zero-order chi connectivity index (χ0) is 15.7. The van der Waals surface area contributed by atoms with Gasteiger partial charge in [-0.15, -0.1) is 0 Å². The lowest BCUT2D eigenvalue weighted by Crippen LogP contribution is -2.44. The molecule has 1 aliphatic rings. The summed E-state index contributed by atoms with van der Waals surface area (Å²) in [6.07, 6.45) is 0. The van der Waals surface area contributed by atoms with Crippen LogP contribution >= 0.6 is 0 Å². The number of aromatic nitrogens is 3. The van der Waals surface area contributed by atoms with Crippen molar-refractivity contribution in [2.45, 2.75) is 13.8 Å². The van der Waals surface area contributed by atoms with Crippen LogP contribution < -0.4 is 10.6 Å². The molecule has 1 saturated heterocycles. The number of likely N-dealkylation sites (N-methyl/N-ethyl adjacent to an activating group) is 1. The molecule has 1 aliphatic heterocycles. The Hall–Kier alpha value is -2.21.